The lowest BCUT2D eigenvalue weighted by molar-refractivity contribution is 0.462. The van der Waals surface area contributed by atoms with Gasteiger partial charge in [0, 0.05) is 5.56 Å². The Kier molecular flexibility index (Phi) is 5.17. The average molecular weight is 411 g/mol. The topological polar surface area (TPSA) is 43.4 Å². The molecule has 3 aromatic carbocycles. The maximum absolute atomic E-state index is 14.8. The lowest BCUT2D eigenvalue weighted by Gasteiger charge is -2.23. The minimum Gasteiger partial charge on any atom is -0.375 e. The Balaban J connectivity index is 1.85. The monoisotopic (exact) mass is 410 g/mol. The van der Waals surface area contributed by atoms with Crippen LogP contribution >= 0.6 is 0 Å². The lowest BCUT2D eigenvalue weighted by Crippen LogP contribution is -2.12. The third kappa shape index (κ3) is 3.79. The Morgan fingerprint density at radius 3 is 2.38 bits per heavy atom. The molecule has 0 bridgehead atoms. The fourth-order valence-electron chi connectivity index (χ4n) is 3.97. The van der Waals surface area contributed by atoms with Crippen LogP contribution < -0.4 is 4.18 Å². The molecular weight excluding hydrogens is 387 g/mol. The zero-order valence-corrected chi connectivity index (χ0v) is 17.4. The van der Waals surface area contributed by atoms with Crippen LogP contribution in [-0.4, -0.2) is 8.42 Å². The van der Waals surface area contributed by atoms with Crippen molar-refractivity contribution >= 4 is 10.1 Å². The zero-order valence-electron chi connectivity index (χ0n) is 16.5. The van der Waals surface area contributed by atoms with Crippen molar-refractivity contribution < 1.29 is 17.0 Å². The Bertz CT molecular complexity index is 1170. The molecule has 0 amide bonds. The number of fused-ring (bicyclic) bond motifs is 1. The molecule has 29 heavy (non-hydrogen) atoms. The summed E-state index contributed by atoms with van der Waals surface area (Å²) >= 11 is 0. The van der Waals surface area contributed by atoms with E-state index in [-0.39, 0.29) is 10.6 Å². The summed E-state index contributed by atoms with van der Waals surface area (Å²) in [6.45, 7) is 3.83. The van der Waals surface area contributed by atoms with Crippen molar-refractivity contribution in [1.29, 1.82) is 0 Å². The molecule has 150 valence electrons. The molecule has 3 nitrogen and oxygen atoms in total. The van der Waals surface area contributed by atoms with E-state index in [4.69, 9.17) is 4.18 Å². The number of halogens is 1. The van der Waals surface area contributed by atoms with Crippen molar-refractivity contribution in [3.8, 4) is 16.9 Å². The van der Waals surface area contributed by atoms with Gasteiger partial charge < -0.3 is 4.18 Å². The van der Waals surface area contributed by atoms with Gasteiger partial charge in [0.15, 0.2) is 11.6 Å². The summed E-state index contributed by atoms with van der Waals surface area (Å²) in [5.41, 5.74) is 5.69. The molecule has 0 aromatic heterocycles. The maximum Gasteiger partial charge on any atom is 0.339 e. The van der Waals surface area contributed by atoms with E-state index in [9.17, 15) is 12.8 Å². The summed E-state index contributed by atoms with van der Waals surface area (Å²) in [6.07, 6.45) is 4.07. The summed E-state index contributed by atoms with van der Waals surface area (Å²) in [6, 6.07) is 15.0. The Morgan fingerprint density at radius 1 is 0.897 bits per heavy atom. The van der Waals surface area contributed by atoms with E-state index in [1.165, 1.54) is 29.3 Å². The van der Waals surface area contributed by atoms with Crippen LogP contribution in [0.4, 0.5) is 4.39 Å². The molecular formula is C24H23FO3S. The van der Waals surface area contributed by atoms with Crippen LogP contribution in [0.25, 0.3) is 11.1 Å². The summed E-state index contributed by atoms with van der Waals surface area (Å²) in [7, 11) is -4.16. The van der Waals surface area contributed by atoms with E-state index >= 15 is 0 Å². The highest BCUT2D eigenvalue weighted by Gasteiger charge is 2.25. The van der Waals surface area contributed by atoms with Gasteiger partial charge in [-0.15, -0.1) is 0 Å². The second-order valence-electron chi connectivity index (χ2n) is 7.57. The Morgan fingerprint density at radius 2 is 1.62 bits per heavy atom. The number of benzene rings is 3. The predicted octanol–water partition coefficient (Wildman–Crippen LogP) is 5.76. The Hall–Kier alpha value is -2.66. The smallest absolute Gasteiger partial charge is 0.339 e. The van der Waals surface area contributed by atoms with Crippen LogP contribution in [0.3, 0.4) is 0 Å². The fourth-order valence-corrected chi connectivity index (χ4v) is 4.93. The average Bonchev–Trinajstić information content (AvgIpc) is 2.70. The van der Waals surface area contributed by atoms with Crippen molar-refractivity contribution in [1.82, 2.24) is 0 Å². The van der Waals surface area contributed by atoms with Crippen molar-refractivity contribution in [2.75, 3.05) is 0 Å². The highest BCUT2D eigenvalue weighted by Crippen LogP contribution is 2.41. The molecule has 0 radical (unpaired) electrons. The number of para-hydroxylation sites is 1. The highest BCUT2D eigenvalue weighted by atomic mass is 32.2. The van der Waals surface area contributed by atoms with Gasteiger partial charge in [-0.25, -0.2) is 4.39 Å². The van der Waals surface area contributed by atoms with E-state index in [1.54, 1.807) is 24.3 Å². The number of rotatable bonds is 4. The lowest BCUT2D eigenvalue weighted by atomic mass is 9.83. The van der Waals surface area contributed by atoms with Crippen LogP contribution in [0.2, 0.25) is 0 Å². The predicted molar refractivity (Wildman–Crippen MR) is 112 cm³/mol. The highest BCUT2D eigenvalue weighted by molar-refractivity contribution is 7.87. The molecule has 0 saturated carbocycles. The van der Waals surface area contributed by atoms with Crippen LogP contribution in [0, 0.1) is 19.7 Å². The molecule has 0 unspecified atom stereocenters. The van der Waals surface area contributed by atoms with Gasteiger partial charge in [-0.3, -0.25) is 0 Å². The molecule has 0 N–H and O–H groups in total. The molecule has 1 aliphatic rings. The van der Waals surface area contributed by atoms with Gasteiger partial charge in [0.05, 0.1) is 0 Å². The summed E-state index contributed by atoms with van der Waals surface area (Å²) < 4.78 is 45.9. The first-order valence-corrected chi connectivity index (χ1v) is 11.2. The van der Waals surface area contributed by atoms with Crippen LogP contribution in [0.15, 0.2) is 59.5 Å². The van der Waals surface area contributed by atoms with Gasteiger partial charge in [-0.1, -0.05) is 42.0 Å². The quantitative estimate of drug-likeness (QED) is 0.514. The fraction of sp³-hybridized carbons (Fsp3) is 0.250. The van der Waals surface area contributed by atoms with Crippen LogP contribution in [0.5, 0.6) is 5.75 Å². The van der Waals surface area contributed by atoms with Gasteiger partial charge in [-0.05, 0) is 80.0 Å². The van der Waals surface area contributed by atoms with Crippen molar-refractivity contribution in [3.05, 3.63) is 82.7 Å². The third-order valence-corrected chi connectivity index (χ3v) is 6.72. The van der Waals surface area contributed by atoms with E-state index in [0.29, 0.717) is 5.56 Å². The van der Waals surface area contributed by atoms with Gasteiger partial charge in [0.25, 0.3) is 0 Å². The van der Waals surface area contributed by atoms with E-state index in [2.05, 4.69) is 6.07 Å². The van der Waals surface area contributed by atoms with Gasteiger partial charge in [0.1, 0.15) is 4.90 Å². The first kappa shape index (κ1) is 19.6. The maximum atomic E-state index is 14.8. The van der Waals surface area contributed by atoms with E-state index in [1.807, 2.05) is 19.9 Å². The second kappa shape index (κ2) is 7.64. The largest absolute Gasteiger partial charge is 0.375 e. The molecule has 1 aliphatic carbocycles. The van der Waals surface area contributed by atoms with Gasteiger partial charge >= 0.3 is 10.1 Å². The van der Waals surface area contributed by atoms with Crippen molar-refractivity contribution in [2.45, 2.75) is 44.4 Å². The second-order valence-corrected chi connectivity index (χ2v) is 9.12. The molecule has 0 fully saturated rings. The van der Waals surface area contributed by atoms with E-state index < -0.39 is 15.9 Å². The molecule has 4 rings (SSSR count). The van der Waals surface area contributed by atoms with Crippen molar-refractivity contribution in [3.63, 3.8) is 0 Å². The normalized spacial score (nSPS) is 13.8. The number of aryl methyl sites for hydroxylation is 3. The summed E-state index contributed by atoms with van der Waals surface area (Å²) in [4.78, 5) is 0.00381. The number of hydrogen-bond donors (Lipinski definition) is 0. The third-order valence-electron chi connectivity index (χ3n) is 5.48. The van der Waals surface area contributed by atoms with Crippen LogP contribution in [-0.2, 0) is 23.0 Å². The molecule has 0 aliphatic heterocycles. The van der Waals surface area contributed by atoms with E-state index in [0.717, 1.165) is 42.4 Å². The molecule has 0 saturated heterocycles. The molecule has 0 atom stereocenters. The first-order valence-electron chi connectivity index (χ1n) is 9.78. The van der Waals surface area contributed by atoms with Crippen LogP contribution in [0.1, 0.15) is 35.1 Å². The molecule has 3 aromatic rings. The molecule has 0 spiro atoms. The minimum atomic E-state index is -4.16. The first-order chi connectivity index (χ1) is 13.9. The zero-order chi connectivity index (χ0) is 20.6. The SMILES string of the molecule is Cc1ccc(S(=O)(=O)Oc2c(F)cccc2-c2c(C)ccc3c2CCCC3)cc1. The number of hydrogen-bond acceptors (Lipinski definition) is 3. The standard InChI is InChI=1S/C24H23FO3S/c1-16-10-14-19(15-11-16)29(26,27)28-24-21(8-5-9-22(24)25)23-17(2)12-13-18-6-3-4-7-20(18)23/h5,8-15H,3-4,6-7H2,1-2H3. The van der Waals surface area contributed by atoms with Gasteiger partial charge in [0.2, 0.25) is 0 Å². The van der Waals surface area contributed by atoms with Gasteiger partial charge in [-0.2, -0.15) is 8.42 Å². The summed E-state index contributed by atoms with van der Waals surface area (Å²) in [5, 5.41) is 0. The summed E-state index contributed by atoms with van der Waals surface area (Å²) in [5.74, 6) is -0.929. The molecule has 5 heteroatoms. The minimum absolute atomic E-state index is 0.00381. The molecule has 0 heterocycles. The van der Waals surface area contributed by atoms with Crippen molar-refractivity contribution in [2.24, 2.45) is 0 Å². The Labute approximate surface area is 171 Å².